The molecule has 0 atom stereocenters. The lowest BCUT2D eigenvalue weighted by molar-refractivity contribution is 0.0918. The molecule has 0 aliphatic carbocycles. The van der Waals surface area contributed by atoms with Gasteiger partial charge in [-0.25, -0.2) is 4.79 Å². The van der Waals surface area contributed by atoms with Crippen LogP contribution in [0.1, 0.15) is 10.4 Å². The predicted octanol–water partition coefficient (Wildman–Crippen LogP) is 1.43. The number of amides is 1. The highest BCUT2D eigenvalue weighted by Crippen LogP contribution is 2.01. The number of ketones is 1. The maximum Gasteiger partial charge on any atom is 0.407 e. The summed E-state index contributed by atoms with van der Waals surface area (Å²) in [6.07, 6.45) is 3.29. The summed E-state index contributed by atoms with van der Waals surface area (Å²) in [6.45, 7) is 3.39. The fourth-order valence-electron chi connectivity index (χ4n) is 1.17. The van der Waals surface area contributed by atoms with Crippen LogP contribution >= 0.6 is 0 Å². The molecule has 1 amide bonds. The van der Waals surface area contributed by atoms with Crippen LogP contribution < -0.4 is 0 Å². The van der Waals surface area contributed by atoms with E-state index in [1.54, 1.807) is 12.1 Å². The first-order chi connectivity index (χ1) is 7.65. The Kier molecular flexibility index (Phi) is 4.20. The monoisotopic (exact) mass is 220 g/mol. The molecule has 84 valence electrons. The summed E-state index contributed by atoms with van der Waals surface area (Å²) in [7, 11) is 0. The highest BCUT2D eigenvalue weighted by molar-refractivity contribution is 5.98. The Balaban J connectivity index is 2.69. The van der Waals surface area contributed by atoms with Gasteiger partial charge in [0.05, 0.1) is 6.54 Å². The van der Waals surface area contributed by atoms with Crippen LogP contribution in [0.15, 0.2) is 37.2 Å². The Morgan fingerprint density at radius 2 is 2.06 bits per heavy atom. The van der Waals surface area contributed by atoms with Gasteiger partial charge in [0.2, 0.25) is 0 Å². The van der Waals surface area contributed by atoms with Gasteiger partial charge in [0.15, 0.2) is 5.78 Å². The summed E-state index contributed by atoms with van der Waals surface area (Å²) in [5, 5.41) is 8.81. The maximum absolute atomic E-state index is 11.7. The SMILES string of the molecule is C=CCN(CC(=O)c1ccncc1)C(=O)O. The first kappa shape index (κ1) is 11.9. The number of hydrogen-bond acceptors (Lipinski definition) is 3. The molecule has 0 aromatic carbocycles. The van der Waals surface area contributed by atoms with E-state index < -0.39 is 6.09 Å². The van der Waals surface area contributed by atoms with Gasteiger partial charge in [-0.1, -0.05) is 6.08 Å². The second-order valence-corrected chi connectivity index (χ2v) is 3.11. The van der Waals surface area contributed by atoms with Crippen LogP contribution in [0.2, 0.25) is 0 Å². The first-order valence-electron chi connectivity index (χ1n) is 4.67. The number of carboxylic acid groups (broad SMARTS) is 1. The van der Waals surface area contributed by atoms with Crippen molar-refractivity contribution in [2.75, 3.05) is 13.1 Å². The van der Waals surface area contributed by atoms with E-state index in [1.165, 1.54) is 18.5 Å². The van der Waals surface area contributed by atoms with E-state index in [4.69, 9.17) is 5.11 Å². The molecule has 0 fully saturated rings. The molecule has 0 unspecified atom stereocenters. The highest BCUT2D eigenvalue weighted by Gasteiger charge is 2.15. The van der Waals surface area contributed by atoms with E-state index in [0.717, 1.165) is 4.90 Å². The number of carbonyl (C=O) groups excluding carboxylic acids is 1. The van der Waals surface area contributed by atoms with Gasteiger partial charge in [-0.2, -0.15) is 0 Å². The number of aromatic nitrogens is 1. The fraction of sp³-hybridized carbons (Fsp3) is 0.182. The molecule has 0 radical (unpaired) electrons. The molecule has 1 aromatic rings. The first-order valence-corrected chi connectivity index (χ1v) is 4.67. The third-order valence-electron chi connectivity index (χ3n) is 1.96. The van der Waals surface area contributed by atoms with E-state index in [0.29, 0.717) is 5.56 Å². The van der Waals surface area contributed by atoms with Gasteiger partial charge in [0.25, 0.3) is 0 Å². The lowest BCUT2D eigenvalue weighted by Gasteiger charge is -2.15. The Morgan fingerprint density at radius 1 is 1.44 bits per heavy atom. The van der Waals surface area contributed by atoms with Gasteiger partial charge in [-0.15, -0.1) is 6.58 Å². The number of carbonyl (C=O) groups is 2. The van der Waals surface area contributed by atoms with Gasteiger partial charge < -0.3 is 5.11 Å². The normalized spacial score (nSPS) is 9.50. The molecule has 0 saturated heterocycles. The van der Waals surface area contributed by atoms with Crippen LogP contribution in [0, 0.1) is 0 Å². The molecular weight excluding hydrogens is 208 g/mol. The van der Waals surface area contributed by atoms with Gasteiger partial charge in [-0.3, -0.25) is 14.7 Å². The number of nitrogens with zero attached hydrogens (tertiary/aromatic N) is 2. The van der Waals surface area contributed by atoms with Crippen molar-refractivity contribution < 1.29 is 14.7 Å². The topological polar surface area (TPSA) is 70.5 Å². The maximum atomic E-state index is 11.7. The zero-order valence-electron chi connectivity index (χ0n) is 8.67. The summed E-state index contributed by atoms with van der Waals surface area (Å²) in [5.41, 5.74) is 0.449. The molecule has 16 heavy (non-hydrogen) atoms. The van der Waals surface area contributed by atoms with Crippen LogP contribution in [0.25, 0.3) is 0 Å². The van der Waals surface area contributed by atoms with Crippen molar-refractivity contribution in [2.45, 2.75) is 0 Å². The van der Waals surface area contributed by atoms with E-state index in [-0.39, 0.29) is 18.9 Å². The van der Waals surface area contributed by atoms with Crippen molar-refractivity contribution in [2.24, 2.45) is 0 Å². The minimum atomic E-state index is -1.14. The van der Waals surface area contributed by atoms with Gasteiger partial charge in [0.1, 0.15) is 0 Å². The molecule has 1 rings (SSSR count). The molecule has 0 aliphatic rings. The Labute approximate surface area is 93.0 Å². The van der Waals surface area contributed by atoms with Crippen molar-refractivity contribution >= 4 is 11.9 Å². The fourth-order valence-corrected chi connectivity index (χ4v) is 1.17. The average Bonchev–Trinajstić information content (AvgIpc) is 2.29. The second kappa shape index (κ2) is 5.65. The molecule has 1 N–H and O–H groups in total. The van der Waals surface area contributed by atoms with Crippen molar-refractivity contribution in [1.29, 1.82) is 0 Å². The molecule has 0 saturated carbocycles. The predicted molar refractivity (Wildman–Crippen MR) is 58.4 cm³/mol. The minimum Gasteiger partial charge on any atom is -0.465 e. The van der Waals surface area contributed by atoms with Crippen molar-refractivity contribution in [1.82, 2.24) is 9.88 Å². The lowest BCUT2D eigenvalue weighted by atomic mass is 10.2. The van der Waals surface area contributed by atoms with E-state index in [1.807, 2.05) is 0 Å². The molecule has 0 spiro atoms. The third kappa shape index (κ3) is 3.20. The van der Waals surface area contributed by atoms with Crippen molar-refractivity contribution in [3.8, 4) is 0 Å². The molecule has 1 aromatic heterocycles. The van der Waals surface area contributed by atoms with Gasteiger partial charge in [0, 0.05) is 24.5 Å². The molecule has 0 aliphatic heterocycles. The number of rotatable bonds is 5. The second-order valence-electron chi connectivity index (χ2n) is 3.11. The largest absolute Gasteiger partial charge is 0.465 e. The lowest BCUT2D eigenvalue weighted by Crippen LogP contribution is -2.34. The molecule has 5 heteroatoms. The van der Waals surface area contributed by atoms with Crippen LogP contribution in [0.4, 0.5) is 4.79 Å². The standard InChI is InChI=1S/C11H12N2O3/c1-2-7-13(11(15)16)8-10(14)9-3-5-12-6-4-9/h2-6H,1,7-8H2,(H,15,16). The summed E-state index contributed by atoms with van der Waals surface area (Å²) < 4.78 is 0. The van der Waals surface area contributed by atoms with Crippen LogP contribution in [-0.2, 0) is 0 Å². The van der Waals surface area contributed by atoms with Crippen molar-refractivity contribution in [3.05, 3.63) is 42.7 Å². The number of hydrogen-bond donors (Lipinski definition) is 1. The quantitative estimate of drug-likeness (QED) is 0.602. The smallest absolute Gasteiger partial charge is 0.407 e. The van der Waals surface area contributed by atoms with Crippen LogP contribution in [-0.4, -0.2) is 40.0 Å². The Morgan fingerprint density at radius 3 is 2.56 bits per heavy atom. The summed E-state index contributed by atoms with van der Waals surface area (Å²) in [6, 6.07) is 3.10. The third-order valence-corrected chi connectivity index (χ3v) is 1.96. The zero-order valence-corrected chi connectivity index (χ0v) is 8.67. The highest BCUT2D eigenvalue weighted by atomic mass is 16.4. The minimum absolute atomic E-state index is 0.131. The summed E-state index contributed by atoms with van der Waals surface area (Å²) in [4.78, 5) is 27.2. The van der Waals surface area contributed by atoms with E-state index >= 15 is 0 Å². The Bertz CT molecular complexity index is 389. The molecule has 5 nitrogen and oxygen atoms in total. The zero-order chi connectivity index (χ0) is 12.0. The van der Waals surface area contributed by atoms with Gasteiger partial charge in [-0.05, 0) is 12.1 Å². The summed E-state index contributed by atoms with van der Waals surface area (Å²) in [5.74, 6) is -0.258. The Hall–Kier alpha value is -2.17. The molecule has 0 bridgehead atoms. The molecule has 1 heterocycles. The van der Waals surface area contributed by atoms with Gasteiger partial charge >= 0.3 is 6.09 Å². The van der Waals surface area contributed by atoms with E-state index in [2.05, 4.69) is 11.6 Å². The van der Waals surface area contributed by atoms with Crippen molar-refractivity contribution in [3.63, 3.8) is 0 Å². The van der Waals surface area contributed by atoms with Crippen LogP contribution in [0.5, 0.6) is 0 Å². The molecular formula is C11H12N2O3. The number of Topliss-reactive ketones (excluding diaryl/α,β-unsaturated/α-hetero) is 1. The summed E-state index contributed by atoms with van der Waals surface area (Å²) >= 11 is 0. The van der Waals surface area contributed by atoms with E-state index in [9.17, 15) is 9.59 Å². The van der Waals surface area contributed by atoms with Crippen LogP contribution in [0.3, 0.4) is 0 Å². The average molecular weight is 220 g/mol. The number of pyridine rings is 1.